The summed E-state index contributed by atoms with van der Waals surface area (Å²) in [6.07, 6.45) is 5.34. The zero-order chi connectivity index (χ0) is 22.9. The first-order chi connectivity index (χ1) is 16.0. The molecule has 1 aliphatic carbocycles. The van der Waals surface area contributed by atoms with Gasteiger partial charge in [0.2, 0.25) is 11.8 Å². The van der Waals surface area contributed by atoms with Crippen molar-refractivity contribution in [3.63, 3.8) is 0 Å². The average molecular weight is 469 g/mol. The Kier molecular flexibility index (Phi) is 6.03. The number of rotatable bonds is 5. The van der Waals surface area contributed by atoms with Gasteiger partial charge < -0.3 is 19.4 Å². The van der Waals surface area contributed by atoms with Gasteiger partial charge in [-0.1, -0.05) is 11.6 Å². The number of carbonyl (C=O) groups is 2. The zero-order valence-corrected chi connectivity index (χ0v) is 19.0. The van der Waals surface area contributed by atoms with Gasteiger partial charge in [-0.3, -0.25) is 14.6 Å². The first-order valence-corrected chi connectivity index (χ1v) is 11.6. The Morgan fingerprint density at radius 2 is 2.06 bits per heavy atom. The van der Waals surface area contributed by atoms with Gasteiger partial charge in [0, 0.05) is 43.0 Å². The molecule has 8 nitrogen and oxygen atoms in total. The second kappa shape index (κ2) is 9.11. The van der Waals surface area contributed by atoms with E-state index in [2.05, 4.69) is 15.3 Å². The van der Waals surface area contributed by atoms with Gasteiger partial charge in [-0.15, -0.1) is 0 Å². The van der Waals surface area contributed by atoms with Crippen molar-refractivity contribution in [2.45, 2.75) is 50.3 Å². The molecule has 2 aromatic heterocycles. The monoisotopic (exact) mass is 468 g/mol. The standard InChI is InChI=1S/C24H25ClN4O4/c1-29(17-7-6-16(12-17)27-22(30)20-3-2-10-32-20)24(31)14-4-8-19(26-13-14)23-28-18-9-5-15(25)11-21(18)33-23/h4-5,8-9,11,13,16-17,20H,2-3,6-7,10,12H2,1H3,(H,27,30)/t16-,17+,20-/m0/s1. The van der Waals surface area contributed by atoms with Crippen molar-refractivity contribution >= 4 is 34.5 Å². The van der Waals surface area contributed by atoms with Gasteiger partial charge in [0.1, 0.15) is 17.3 Å². The van der Waals surface area contributed by atoms with Gasteiger partial charge in [0.15, 0.2) is 5.58 Å². The summed E-state index contributed by atoms with van der Waals surface area (Å²) in [5, 5.41) is 3.66. The summed E-state index contributed by atoms with van der Waals surface area (Å²) in [5.41, 5.74) is 2.31. The topological polar surface area (TPSA) is 97.6 Å². The summed E-state index contributed by atoms with van der Waals surface area (Å²) in [6, 6.07) is 8.83. The summed E-state index contributed by atoms with van der Waals surface area (Å²) in [4.78, 5) is 35.9. The van der Waals surface area contributed by atoms with Crippen LogP contribution < -0.4 is 5.32 Å². The second-order valence-electron chi connectivity index (χ2n) is 8.65. The van der Waals surface area contributed by atoms with Crippen molar-refractivity contribution in [3.8, 4) is 11.6 Å². The molecule has 1 N–H and O–H groups in total. The summed E-state index contributed by atoms with van der Waals surface area (Å²) >= 11 is 6.00. The highest BCUT2D eigenvalue weighted by molar-refractivity contribution is 6.31. The highest BCUT2D eigenvalue weighted by atomic mass is 35.5. The molecule has 0 radical (unpaired) electrons. The molecular weight excluding hydrogens is 444 g/mol. The molecular formula is C24H25ClN4O4. The molecule has 2 amide bonds. The molecule has 1 aliphatic heterocycles. The second-order valence-corrected chi connectivity index (χ2v) is 9.09. The van der Waals surface area contributed by atoms with E-state index in [1.54, 1.807) is 48.5 Å². The highest BCUT2D eigenvalue weighted by Crippen LogP contribution is 2.27. The number of carbonyl (C=O) groups excluding carboxylic acids is 2. The Morgan fingerprint density at radius 1 is 1.18 bits per heavy atom. The first-order valence-electron chi connectivity index (χ1n) is 11.2. The fourth-order valence-electron chi connectivity index (χ4n) is 4.54. The predicted molar refractivity (Wildman–Crippen MR) is 123 cm³/mol. The van der Waals surface area contributed by atoms with Crippen LogP contribution in [0.4, 0.5) is 0 Å². The van der Waals surface area contributed by atoms with E-state index >= 15 is 0 Å². The maximum atomic E-state index is 13.0. The molecule has 3 aromatic rings. The summed E-state index contributed by atoms with van der Waals surface area (Å²) < 4.78 is 11.2. The number of fused-ring (bicyclic) bond motifs is 1. The van der Waals surface area contributed by atoms with Crippen LogP contribution in [-0.2, 0) is 9.53 Å². The lowest BCUT2D eigenvalue weighted by atomic mass is 10.1. The fraction of sp³-hybridized carbons (Fsp3) is 0.417. The Bertz CT molecular complexity index is 1170. The molecule has 1 aromatic carbocycles. The maximum Gasteiger partial charge on any atom is 0.255 e. The number of nitrogens with one attached hydrogen (secondary N) is 1. The number of oxazole rings is 1. The third-order valence-corrected chi connectivity index (χ3v) is 6.66. The lowest BCUT2D eigenvalue weighted by Crippen LogP contribution is -2.41. The molecule has 1 saturated carbocycles. The smallest absolute Gasteiger partial charge is 0.255 e. The SMILES string of the molecule is CN(C(=O)c1ccc(-c2nc3ccc(Cl)cc3o2)nc1)[C@@H]1CC[C@H](NC(=O)[C@@H]2CCCO2)C1. The molecule has 5 rings (SSSR count). The van der Waals surface area contributed by atoms with Crippen molar-refractivity contribution in [1.29, 1.82) is 0 Å². The van der Waals surface area contributed by atoms with Crippen molar-refractivity contribution in [3.05, 3.63) is 47.1 Å². The average Bonchev–Trinajstić information content (AvgIpc) is 3.58. The summed E-state index contributed by atoms with van der Waals surface area (Å²) in [7, 11) is 1.80. The number of hydrogen-bond donors (Lipinski definition) is 1. The lowest BCUT2D eigenvalue weighted by Gasteiger charge is -2.25. The van der Waals surface area contributed by atoms with Gasteiger partial charge >= 0.3 is 0 Å². The van der Waals surface area contributed by atoms with Gasteiger partial charge in [-0.05, 0) is 56.4 Å². The van der Waals surface area contributed by atoms with Crippen LogP contribution in [0.3, 0.4) is 0 Å². The number of halogens is 1. The zero-order valence-electron chi connectivity index (χ0n) is 18.3. The Labute approximate surface area is 196 Å². The normalized spacial score (nSPS) is 22.5. The molecule has 1 saturated heterocycles. The van der Waals surface area contributed by atoms with Crippen LogP contribution in [0.2, 0.25) is 5.02 Å². The van der Waals surface area contributed by atoms with Crippen molar-refractivity contribution in [1.82, 2.24) is 20.2 Å². The number of pyridine rings is 1. The van der Waals surface area contributed by atoms with Crippen molar-refractivity contribution in [2.75, 3.05) is 13.7 Å². The minimum Gasteiger partial charge on any atom is -0.435 e. The van der Waals surface area contributed by atoms with Crippen LogP contribution in [0, 0.1) is 0 Å². The van der Waals surface area contributed by atoms with Crippen LogP contribution >= 0.6 is 11.6 Å². The van der Waals surface area contributed by atoms with Gasteiger partial charge in [-0.25, -0.2) is 4.98 Å². The molecule has 0 spiro atoms. The molecule has 0 unspecified atom stereocenters. The molecule has 2 aliphatic rings. The summed E-state index contributed by atoms with van der Waals surface area (Å²) in [5.74, 6) is 0.239. The van der Waals surface area contributed by atoms with E-state index in [0.29, 0.717) is 39.9 Å². The van der Waals surface area contributed by atoms with E-state index in [4.69, 9.17) is 20.8 Å². The number of benzene rings is 1. The van der Waals surface area contributed by atoms with E-state index in [0.717, 1.165) is 32.1 Å². The van der Waals surface area contributed by atoms with Gasteiger partial charge in [0.05, 0.1) is 5.56 Å². The third-order valence-electron chi connectivity index (χ3n) is 6.42. The largest absolute Gasteiger partial charge is 0.435 e. The molecule has 9 heteroatoms. The number of nitrogens with zero attached hydrogens (tertiary/aromatic N) is 3. The number of amides is 2. The highest BCUT2D eigenvalue weighted by Gasteiger charge is 2.33. The van der Waals surface area contributed by atoms with Crippen molar-refractivity contribution in [2.24, 2.45) is 0 Å². The molecule has 172 valence electrons. The molecule has 3 atom stereocenters. The van der Waals surface area contributed by atoms with Crippen LogP contribution in [-0.4, -0.2) is 58.5 Å². The van der Waals surface area contributed by atoms with E-state index in [1.165, 1.54) is 0 Å². The fourth-order valence-corrected chi connectivity index (χ4v) is 4.71. The number of ether oxygens (including phenoxy) is 1. The maximum absolute atomic E-state index is 13.0. The molecule has 2 fully saturated rings. The Hall–Kier alpha value is -2.97. The van der Waals surface area contributed by atoms with Crippen LogP contribution in [0.15, 0.2) is 40.9 Å². The molecule has 33 heavy (non-hydrogen) atoms. The van der Waals surface area contributed by atoms with E-state index < -0.39 is 0 Å². The minimum absolute atomic E-state index is 0.0339. The van der Waals surface area contributed by atoms with Crippen LogP contribution in [0.1, 0.15) is 42.5 Å². The lowest BCUT2D eigenvalue weighted by molar-refractivity contribution is -0.130. The quantitative estimate of drug-likeness (QED) is 0.611. The first kappa shape index (κ1) is 21.9. The van der Waals surface area contributed by atoms with E-state index in [1.807, 2.05) is 0 Å². The summed E-state index contributed by atoms with van der Waals surface area (Å²) in [6.45, 7) is 0.649. The predicted octanol–water partition coefficient (Wildman–Crippen LogP) is 3.83. The molecule has 3 heterocycles. The van der Waals surface area contributed by atoms with Crippen LogP contribution in [0.5, 0.6) is 0 Å². The van der Waals surface area contributed by atoms with E-state index in [-0.39, 0.29) is 30.0 Å². The number of aromatic nitrogens is 2. The van der Waals surface area contributed by atoms with E-state index in [9.17, 15) is 9.59 Å². The Balaban J connectivity index is 1.21. The Morgan fingerprint density at radius 3 is 2.82 bits per heavy atom. The number of hydrogen-bond acceptors (Lipinski definition) is 6. The van der Waals surface area contributed by atoms with Gasteiger partial charge in [-0.2, -0.15) is 0 Å². The molecule has 0 bridgehead atoms. The minimum atomic E-state index is -0.328. The van der Waals surface area contributed by atoms with Gasteiger partial charge in [0.25, 0.3) is 5.91 Å². The third kappa shape index (κ3) is 4.58. The van der Waals surface area contributed by atoms with Crippen LogP contribution in [0.25, 0.3) is 22.7 Å². The van der Waals surface area contributed by atoms with Crippen molar-refractivity contribution < 1.29 is 18.7 Å².